The molecule has 0 bridgehead atoms. The van der Waals surface area contributed by atoms with Gasteiger partial charge >= 0.3 is 0 Å². The summed E-state index contributed by atoms with van der Waals surface area (Å²) in [5.74, 6) is -1.42. The zero-order valence-corrected chi connectivity index (χ0v) is 16.9. The number of nitrogens with one attached hydrogen (secondary N) is 1. The maximum atomic E-state index is 14.8. The van der Waals surface area contributed by atoms with E-state index in [2.05, 4.69) is 17.1 Å². The zero-order valence-electron chi connectivity index (χ0n) is 16.1. The van der Waals surface area contributed by atoms with Crippen LogP contribution in [-0.4, -0.2) is 59.7 Å². The number of rotatable bonds is 3. The Hall–Kier alpha value is -1.44. The van der Waals surface area contributed by atoms with Crippen molar-refractivity contribution in [2.24, 2.45) is 11.8 Å². The van der Waals surface area contributed by atoms with Crippen LogP contribution in [-0.2, 0) is 4.79 Å². The molecule has 1 amide bonds. The van der Waals surface area contributed by atoms with E-state index in [0.29, 0.717) is 0 Å². The van der Waals surface area contributed by atoms with Gasteiger partial charge in [0.05, 0.1) is 17.4 Å². The van der Waals surface area contributed by atoms with Gasteiger partial charge in [0.1, 0.15) is 0 Å². The summed E-state index contributed by atoms with van der Waals surface area (Å²) in [6.45, 7) is 2.09. The van der Waals surface area contributed by atoms with Crippen molar-refractivity contribution >= 4 is 17.7 Å². The van der Waals surface area contributed by atoms with E-state index in [1.165, 1.54) is 11.8 Å². The zero-order chi connectivity index (χ0) is 20.2. The van der Waals surface area contributed by atoms with Crippen LogP contribution in [0.5, 0.6) is 0 Å². The van der Waals surface area contributed by atoms with E-state index in [4.69, 9.17) is 0 Å². The molecule has 152 valence electrons. The van der Waals surface area contributed by atoms with Crippen LogP contribution in [0.2, 0.25) is 0 Å². The Morgan fingerprint density at radius 1 is 1.18 bits per heavy atom. The van der Waals surface area contributed by atoms with Crippen LogP contribution in [0.4, 0.5) is 8.78 Å². The summed E-state index contributed by atoms with van der Waals surface area (Å²) in [6, 6.07) is 7.06. The Labute approximate surface area is 168 Å². The van der Waals surface area contributed by atoms with E-state index in [0.717, 1.165) is 11.1 Å². The fourth-order valence-electron chi connectivity index (χ4n) is 4.84. The van der Waals surface area contributed by atoms with Gasteiger partial charge in [0, 0.05) is 17.9 Å². The number of carbonyl (C=O) groups is 1. The molecule has 0 spiro atoms. The van der Waals surface area contributed by atoms with Gasteiger partial charge in [0.15, 0.2) is 12.3 Å². The summed E-state index contributed by atoms with van der Waals surface area (Å²) in [6.07, 6.45) is -3.46. The molecular weight excluding hydrogens is 382 g/mol. The molecule has 4 nitrogen and oxygen atoms in total. The van der Waals surface area contributed by atoms with Gasteiger partial charge < -0.3 is 15.3 Å². The lowest BCUT2D eigenvalue weighted by atomic mass is 9.62. The summed E-state index contributed by atoms with van der Waals surface area (Å²) in [7, 11) is 4.00. The second-order valence-electron chi connectivity index (χ2n) is 8.29. The molecule has 7 heteroatoms. The van der Waals surface area contributed by atoms with Crippen LogP contribution >= 0.6 is 11.8 Å². The third-order valence-electron chi connectivity index (χ3n) is 6.64. The number of hydrogen-bond acceptors (Lipinski definition) is 4. The number of nitrogens with zero attached hydrogens (tertiary/aromatic N) is 1. The Morgan fingerprint density at radius 2 is 1.86 bits per heavy atom. The molecule has 1 saturated carbocycles. The Morgan fingerprint density at radius 3 is 2.50 bits per heavy atom. The first-order valence-corrected chi connectivity index (χ1v) is 10.6. The van der Waals surface area contributed by atoms with Crippen LogP contribution in [0.25, 0.3) is 0 Å². The van der Waals surface area contributed by atoms with Crippen LogP contribution in [0.1, 0.15) is 30.0 Å². The van der Waals surface area contributed by atoms with Crippen LogP contribution in [0.15, 0.2) is 35.7 Å². The van der Waals surface area contributed by atoms with Gasteiger partial charge in [-0.25, -0.2) is 8.78 Å². The predicted octanol–water partition coefficient (Wildman–Crippen LogP) is 2.80. The van der Waals surface area contributed by atoms with E-state index in [1.54, 1.807) is 0 Å². The Kier molecular flexibility index (Phi) is 5.27. The van der Waals surface area contributed by atoms with E-state index >= 15 is 0 Å². The standard InChI is InChI=1S/C21H26F2N2O2S/c1-10(25(2)3)11-4-6-12(7-5-11)14-15-13-8-9-28-20(13)21(27)24-18(15)16(22)17(23)19(14)26/h4-10,13-20,26H,1-3H3,(H,24,27). The normalized spacial score (nSPS) is 40.8. The molecule has 3 aliphatic rings. The highest BCUT2D eigenvalue weighted by molar-refractivity contribution is 8.03. The molecule has 1 saturated heterocycles. The van der Waals surface area contributed by atoms with Gasteiger partial charge in [0.25, 0.3) is 0 Å². The summed E-state index contributed by atoms with van der Waals surface area (Å²) in [5.41, 5.74) is 1.90. The van der Waals surface area contributed by atoms with Crippen LogP contribution < -0.4 is 5.32 Å². The number of aliphatic hydroxyl groups is 1. The number of carbonyl (C=O) groups excluding carboxylic acids is 1. The Bertz CT molecular complexity index is 772. The molecule has 9 atom stereocenters. The minimum atomic E-state index is -2.03. The molecule has 0 radical (unpaired) electrons. The summed E-state index contributed by atoms with van der Waals surface area (Å²) in [5, 5.41) is 14.9. The van der Waals surface area contributed by atoms with Crippen molar-refractivity contribution in [2.75, 3.05) is 14.1 Å². The van der Waals surface area contributed by atoms with E-state index in [9.17, 15) is 18.7 Å². The number of allylic oxidation sites excluding steroid dienone is 1. The topological polar surface area (TPSA) is 52.6 Å². The maximum Gasteiger partial charge on any atom is 0.234 e. The maximum absolute atomic E-state index is 14.8. The van der Waals surface area contributed by atoms with Crippen molar-refractivity contribution in [2.45, 2.75) is 48.6 Å². The molecule has 4 rings (SSSR count). The SMILES string of the molecule is CC(c1ccc(C2C(O)C(F)C(F)C3NC(=O)C4SC=CC4C32)cc1)N(C)C. The molecule has 9 unspecified atom stereocenters. The Balaban J connectivity index is 1.71. The number of benzene rings is 1. The molecule has 2 aliphatic heterocycles. The lowest BCUT2D eigenvalue weighted by Gasteiger charge is -2.50. The smallest absolute Gasteiger partial charge is 0.234 e. The van der Waals surface area contributed by atoms with Gasteiger partial charge in [0.2, 0.25) is 5.91 Å². The summed E-state index contributed by atoms with van der Waals surface area (Å²) in [4.78, 5) is 14.5. The first-order valence-electron chi connectivity index (χ1n) is 9.66. The summed E-state index contributed by atoms with van der Waals surface area (Å²) < 4.78 is 29.4. The number of halogens is 2. The quantitative estimate of drug-likeness (QED) is 0.808. The highest BCUT2D eigenvalue weighted by Gasteiger charge is 2.59. The predicted molar refractivity (Wildman–Crippen MR) is 107 cm³/mol. The minimum Gasteiger partial charge on any atom is -0.389 e. The number of amides is 1. The molecule has 1 aromatic carbocycles. The fraction of sp³-hybridized carbons (Fsp3) is 0.571. The van der Waals surface area contributed by atoms with Crippen LogP contribution in [0.3, 0.4) is 0 Å². The number of fused-ring (bicyclic) bond motifs is 3. The molecule has 2 N–H and O–H groups in total. The first kappa shape index (κ1) is 19.9. The second-order valence-corrected chi connectivity index (χ2v) is 9.34. The van der Waals surface area contributed by atoms with Crippen molar-refractivity contribution in [3.63, 3.8) is 0 Å². The molecule has 0 aromatic heterocycles. The van der Waals surface area contributed by atoms with Gasteiger partial charge in [-0.05, 0) is 43.5 Å². The van der Waals surface area contributed by atoms with Gasteiger partial charge in [-0.2, -0.15) is 0 Å². The number of hydrogen-bond donors (Lipinski definition) is 2. The van der Waals surface area contributed by atoms with Crippen molar-refractivity contribution in [1.29, 1.82) is 0 Å². The van der Waals surface area contributed by atoms with E-state index < -0.39 is 30.4 Å². The van der Waals surface area contributed by atoms with Crippen molar-refractivity contribution in [3.05, 3.63) is 46.9 Å². The third kappa shape index (κ3) is 3.08. The highest BCUT2D eigenvalue weighted by Crippen LogP contribution is 2.51. The molecule has 1 aromatic rings. The molecule has 1 aliphatic carbocycles. The lowest BCUT2D eigenvalue weighted by molar-refractivity contribution is -0.133. The summed E-state index contributed by atoms with van der Waals surface area (Å²) >= 11 is 1.40. The van der Waals surface area contributed by atoms with E-state index in [-0.39, 0.29) is 29.0 Å². The third-order valence-corrected chi connectivity index (χ3v) is 7.77. The van der Waals surface area contributed by atoms with Crippen molar-refractivity contribution in [1.82, 2.24) is 10.2 Å². The lowest BCUT2D eigenvalue weighted by Crippen LogP contribution is -2.67. The van der Waals surface area contributed by atoms with Crippen molar-refractivity contribution < 1.29 is 18.7 Å². The number of alkyl halides is 2. The van der Waals surface area contributed by atoms with Gasteiger partial charge in [-0.3, -0.25) is 4.79 Å². The second kappa shape index (κ2) is 7.43. The fourth-order valence-corrected chi connectivity index (χ4v) is 5.93. The number of piperidine rings is 1. The van der Waals surface area contributed by atoms with Crippen molar-refractivity contribution in [3.8, 4) is 0 Å². The van der Waals surface area contributed by atoms with Gasteiger partial charge in [-0.1, -0.05) is 30.3 Å². The van der Waals surface area contributed by atoms with Gasteiger partial charge in [-0.15, -0.1) is 11.8 Å². The first-order chi connectivity index (χ1) is 13.3. The molecular formula is C21H26F2N2O2S. The monoisotopic (exact) mass is 408 g/mol. The number of aliphatic hydroxyl groups excluding tert-OH is 1. The molecule has 2 fully saturated rings. The molecule has 28 heavy (non-hydrogen) atoms. The average Bonchev–Trinajstić information content (AvgIpc) is 3.18. The average molecular weight is 409 g/mol. The minimum absolute atomic E-state index is 0.213. The largest absolute Gasteiger partial charge is 0.389 e. The van der Waals surface area contributed by atoms with Crippen LogP contribution in [0, 0.1) is 11.8 Å². The molecule has 2 heterocycles. The highest BCUT2D eigenvalue weighted by atomic mass is 32.2. The number of thioether (sulfide) groups is 1. The van der Waals surface area contributed by atoms with E-state index in [1.807, 2.05) is 49.8 Å².